The van der Waals surface area contributed by atoms with Gasteiger partial charge < -0.3 is 15.8 Å². The van der Waals surface area contributed by atoms with Gasteiger partial charge in [0.2, 0.25) is 0 Å². The number of benzene rings is 1. The summed E-state index contributed by atoms with van der Waals surface area (Å²) < 4.78 is 5.70. The molecule has 1 aliphatic heterocycles. The summed E-state index contributed by atoms with van der Waals surface area (Å²) in [4.78, 5) is 0. The van der Waals surface area contributed by atoms with E-state index in [1.165, 1.54) is 0 Å². The van der Waals surface area contributed by atoms with Crippen LogP contribution in [0.4, 0.5) is 5.69 Å². The molecule has 4 heteroatoms. The Morgan fingerprint density at radius 2 is 2.40 bits per heavy atom. The van der Waals surface area contributed by atoms with E-state index < -0.39 is 0 Å². The van der Waals surface area contributed by atoms with Gasteiger partial charge in [0.25, 0.3) is 0 Å². The minimum Gasteiger partial charge on any atom is -0.485 e. The Bertz CT molecular complexity index is 411. The largest absolute Gasteiger partial charge is 0.485 e. The second-order valence-electron chi connectivity index (χ2n) is 3.65. The minimum absolute atomic E-state index is 0.0357. The number of nitrogens with one attached hydrogen (secondary N) is 1. The van der Waals surface area contributed by atoms with Crippen LogP contribution in [0, 0.1) is 11.3 Å². The molecule has 3 N–H and O–H groups in total. The Morgan fingerprint density at radius 3 is 3.07 bits per heavy atom. The molecule has 1 heterocycles. The molecule has 78 valence electrons. The van der Waals surface area contributed by atoms with E-state index >= 15 is 0 Å². The van der Waals surface area contributed by atoms with Gasteiger partial charge >= 0.3 is 0 Å². The quantitative estimate of drug-likeness (QED) is 0.716. The molecule has 1 aromatic rings. The molecule has 0 amide bonds. The molecule has 0 bridgehead atoms. The lowest BCUT2D eigenvalue weighted by atomic mass is 10.1. The van der Waals surface area contributed by atoms with E-state index in [1.54, 1.807) is 12.1 Å². The fraction of sp³-hybridized carbons (Fsp3) is 0.364. The Labute approximate surface area is 88.6 Å². The highest BCUT2D eigenvalue weighted by Crippen LogP contribution is 2.31. The third-order valence-corrected chi connectivity index (χ3v) is 2.56. The fourth-order valence-electron chi connectivity index (χ4n) is 1.66. The van der Waals surface area contributed by atoms with Gasteiger partial charge in [0, 0.05) is 12.6 Å². The smallest absolute Gasteiger partial charge is 0.144 e. The molecule has 0 aromatic heterocycles. The van der Waals surface area contributed by atoms with Crippen molar-refractivity contribution in [3.63, 3.8) is 0 Å². The zero-order valence-electron chi connectivity index (χ0n) is 8.53. The van der Waals surface area contributed by atoms with E-state index in [0.717, 1.165) is 5.69 Å². The monoisotopic (exact) mass is 203 g/mol. The van der Waals surface area contributed by atoms with Gasteiger partial charge in [-0.3, -0.25) is 0 Å². The van der Waals surface area contributed by atoms with E-state index in [2.05, 4.69) is 11.4 Å². The number of nitriles is 1. The van der Waals surface area contributed by atoms with Crippen molar-refractivity contribution in [3.05, 3.63) is 23.8 Å². The summed E-state index contributed by atoms with van der Waals surface area (Å²) in [5, 5.41) is 12.1. The van der Waals surface area contributed by atoms with Crippen molar-refractivity contribution < 1.29 is 4.74 Å². The van der Waals surface area contributed by atoms with Crippen LogP contribution in [0.5, 0.6) is 5.75 Å². The molecule has 2 rings (SSSR count). The third-order valence-electron chi connectivity index (χ3n) is 2.56. The minimum atomic E-state index is -0.0357. The SMILES string of the molecule is CC1Nc2ccc(C#N)cc2OC1CN. The Kier molecular flexibility index (Phi) is 2.48. The van der Waals surface area contributed by atoms with Gasteiger partial charge in [0.05, 0.1) is 23.4 Å². The number of hydrogen-bond donors (Lipinski definition) is 2. The van der Waals surface area contributed by atoms with E-state index in [4.69, 9.17) is 15.7 Å². The highest BCUT2D eigenvalue weighted by molar-refractivity contribution is 5.61. The highest BCUT2D eigenvalue weighted by atomic mass is 16.5. The lowest BCUT2D eigenvalue weighted by Crippen LogP contribution is -2.44. The van der Waals surface area contributed by atoms with Gasteiger partial charge in [-0.05, 0) is 19.1 Å². The first-order valence-electron chi connectivity index (χ1n) is 4.92. The predicted molar refractivity (Wildman–Crippen MR) is 57.7 cm³/mol. The average Bonchev–Trinajstić information content (AvgIpc) is 2.27. The average molecular weight is 203 g/mol. The zero-order valence-corrected chi connectivity index (χ0v) is 8.53. The Hall–Kier alpha value is -1.73. The fourth-order valence-corrected chi connectivity index (χ4v) is 1.66. The molecule has 4 nitrogen and oxygen atoms in total. The second kappa shape index (κ2) is 3.79. The van der Waals surface area contributed by atoms with E-state index in [0.29, 0.717) is 17.9 Å². The van der Waals surface area contributed by atoms with Gasteiger partial charge in [-0.1, -0.05) is 0 Å². The maximum atomic E-state index is 8.76. The molecular formula is C11H13N3O. The summed E-state index contributed by atoms with van der Waals surface area (Å²) in [6, 6.07) is 7.63. The van der Waals surface area contributed by atoms with E-state index in [1.807, 2.05) is 13.0 Å². The van der Waals surface area contributed by atoms with E-state index in [9.17, 15) is 0 Å². The molecule has 0 saturated heterocycles. The standard InChI is InChI=1S/C11H13N3O/c1-7-11(6-13)15-10-4-8(5-12)2-3-9(10)14-7/h2-4,7,11,14H,6,13H2,1H3. The predicted octanol–water partition coefficient (Wildman–Crippen LogP) is 1.08. The molecule has 0 saturated carbocycles. The molecule has 0 aliphatic carbocycles. The van der Waals surface area contributed by atoms with Crippen LogP contribution in [0.3, 0.4) is 0 Å². The normalized spacial score (nSPS) is 23.3. The lowest BCUT2D eigenvalue weighted by Gasteiger charge is -2.32. The maximum Gasteiger partial charge on any atom is 0.144 e. The summed E-state index contributed by atoms with van der Waals surface area (Å²) >= 11 is 0. The Morgan fingerprint density at radius 1 is 1.60 bits per heavy atom. The summed E-state index contributed by atoms with van der Waals surface area (Å²) in [7, 11) is 0. The lowest BCUT2D eigenvalue weighted by molar-refractivity contribution is 0.182. The van der Waals surface area contributed by atoms with E-state index in [-0.39, 0.29) is 12.1 Å². The van der Waals surface area contributed by atoms with Gasteiger partial charge in [0.15, 0.2) is 0 Å². The molecule has 2 unspecified atom stereocenters. The zero-order chi connectivity index (χ0) is 10.8. The molecule has 1 aliphatic rings. The maximum absolute atomic E-state index is 8.76. The third kappa shape index (κ3) is 1.74. The Balaban J connectivity index is 2.34. The topological polar surface area (TPSA) is 71.1 Å². The first-order valence-corrected chi connectivity index (χ1v) is 4.92. The van der Waals surface area contributed by atoms with Crippen molar-refractivity contribution in [2.24, 2.45) is 5.73 Å². The number of nitrogens with two attached hydrogens (primary N) is 1. The molecule has 1 aromatic carbocycles. The van der Waals surface area contributed by atoms with Gasteiger partial charge in [-0.25, -0.2) is 0 Å². The molecular weight excluding hydrogens is 190 g/mol. The summed E-state index contributed by atoms with van der Waals surface area (Å²) in [5.74, 6) is 0.711. The summed E-state index contributed by atoms with van der Waals surface area (Å²) in [6.45, 7) is 2.49. The molecule has 2 atom stereocenters. The molecule has 0 fully saturated rings. The van der Waals surface area contributed by atoms with Crippen molar-refractivity contribution in [2.75, 3.05) is 11.9 Å². The summed E-state index contributed by atoms with van der Waals surface area (Å²) in [6.07, 6.45) is -0.0357. The van der Waals surface area contributed by atoms with Crippen molar-refractivity contribution in [1.82, 2.24) is 0 Å². The van der Waals surface area contributed by atoms with Gasteiger partial charge in [-0.15, -0.1) is 0 Å². The number of anilines is 1. The number of nitrogens with zero attached hydrogens (tertiary/aromatic N) is 1. The van der Waals surface area contributed by atoms with Crippen molar-refractivity contribution in [3.8, 4) is 11.8 Å². The van der Waals surface area contributed by atoms with Crippen LogP contribution >= 0.6 is 0 Å². The van der Waals surface area contributed by atoms with Crippen molar-refractivity contribution >= 4 is 5.69 Å². The molecule has 15 heavy (non-hydrogen) atoms. The van der Waals surface area contributed by atoms with Crippen LogP contribution in [0.2, 0.25) is 0 Å². The van der Waals surface area contributed by atoms with Crippen LogP contribution < -0.4 is 15.8 Å². The van der Waals surface area contributed by atoms with Gasteiger partial charge in [-0.2, -0.15) is 5.26 Å². The highest BCUT2D eigenvalue weighted by Gasteiger charge is 2.24. The van der Waals surface area contributed by atoms with Crippen molar-refractivity contribution in [2.45, 2.75) is 19.1 Å². The first-order chi connectivity index (χ1) is 7.24. The summed E-state index contributed by atoms with van der Waals surface area (Å²) in [5.41, 5.74) is 7.11. The van der Waals surface area contributed by atoms with Crippen molar-refractivity contribution in [1.29, 1.82) is 5.26 Å². The van der Waals surface area contributed by atoms with Crippen LogP contribution in [0.15, 0.2) is 18.2 Å². The van der Waals surface area contributed by atoms with Gasteiger partial charge in [0.1, 0.15) is 11.9 Å². The van der Waals surface area contributed by atoms with Crippen LogP contribution in [-0.2, 0) is 0 Å². The van der Waals surface area contributed by atoms with Crippen LogP contribution in [0.1, 0.15) is 12.5 Å². The number of rotatable bonds is 1. The van der Waals surface area contributed by atoms with Crippen LogP contribution in [-0.4, -0.2) is 18.7 Å². The first kappa shape index (κ1) is 9.81. The second-order valence-corrected chi connectivity index (χ2v) is 3.65. The number of fused-ring (bicyclic) bond motifs is 1. The molecule has 0 radical (unpaired) electrons. The molecule has 0 spiro atoms. The number of hydrogen-bond acceptors (Lipinski definition) is 4. The van der Waals surface area contributed by atoms with Crippen LogP contribution in [0.25, 0.3) is 0 Å². The number of ether oxygens (including phenoxy) is 1.